The molecular weight excluding hydrogens is 204 g/mol. The van der Waals surface area contributed by atoms with Gasteiger partial charge in [-0.25, -0.2) is 0 Å². The average molecular weight is 228 g/mol. The van der Waals surface area contributed by atoms with Crippen LogP contribution in [0.2, 0.25) is 0 Å². The molecule has 1 aliphatic heterocycles. The van der Waals surface area contributed by atoms with E-state index >= 15 is 0 Å². The first-order chi connectivity index (χ1) is 7.69. The third-order valence-electron chi connectivity index (χ3n) is 3.29. The number of nitrogens with one attached hydrogen (secondary N) is 2. The van der Waals surface area contributed by atoms with Gasteiger partial charge in [0.05, 0.1) is 12.6 Å². The van der Waals surface area contributed by atoms with Crippen molar-refractivity contribution in [2.75, 3.05) is 26.8 Å². The molecule has 1 amide bonds. The van der Waals surface area contributed by atoms with Gasteiger partial charge in [0.1, 0.15) is 0 Å². The zero-order chi connectivity index (χ0) is 12.0. The highest BCUT2D eigenvalue weighted by atomic mass is 16.5. The summed E-state index contributed by atoms with van der Waals surface area (Å²) < 4.78 is 5.11. The Kier molecular flexibility index (Phi) is 5.77. The van der Waals surface area contributed by atoms with Crippen LogP contribution in [-0.2, 0) is 9.53 Å². The van der Waals surface area contributed by atoms with Crippen molar-refractivity contribution in [1.82, 2.24) is 10.6 Å². The highest BCUT2D eigenvalue weighted by Crippen LogP contribution is 2.16. The first kappa shape index (κ1) is 13.5. The number of methoxy groups -OCH3 is 1. The van der Waals surface area contributed by atoms with Crippen LogP contribution >= 0.6 is 0 Å². The summed E-state index contributed by atoms with van der Waals surface area (Å²) in [5.74, 6) is 0.782. The van der Waals surface area contributed by atoms with E-state index in [4.69, 9.17) is 4.74 Å². The van der Waals surface area contributed by atoms with Gasteiger partial charge in [-0.3, -0.25) is 4.79 Å². The first-order valence-corrected chi connectivity index (χ1v) is 6.19. The van der Waals surface area contributed by atoms with Gasteiger partial charge >= 0.3 is 0 Å². The molecule has 0 aromatic rings. The van der Waals surface area contributed by atoms with Crippen LogP contribution in [0.15, 0.2) is 0 Å². The number of carbonyl (C=O) groups is 1. The third-order valence-corrected chi connectivity index (χ3v) is 3.29. The minimum absolute atomic E-state index is 0.109. The van der Waals surface area contributed by atoms with Gasteiger partial charge in [0.15, 0.2) is 0 Å². The second-order valence-electron chi connectivity index (χ2n) is 4.66. The molecule has 2 atom stereocenters. The lowest BCUT2D eigenvalue weighted by molar-refractivity contribution is -0.127. The molecule has 4 heteroatoms. The summed E-state index contributed by atoms with van der Waals surface area (Å²) in [6, 6.07) is 0.165. The summed E-state index contributed by atoms with van der Waals surface area (Å²) in [6.45, 7) is 6.68. The average Bonchev–Trinajstić information content (AvgIpc) is 2.15. The molecule has 2 unspecified atom stereocenters. The summed E-state index contributed by atoms with van der Waals surface area (Å²) in [4.78, 5) is 11.9. The number of hydrogen-bond acceptors (Lipinski definition) is 3. The minimum Gasteiger partial charge on any atom is -0.383 e. The van der Waals surface area contributed by atoms with Gasteiger partial charge in [-0.2, -0.15) is 0 Å². The van der Waals surface area contributed by atoms with Crippen LogP contribution in [0, 0.1) is 11.8 Å². The Labute approximate surface area is 98.1 Å². The number of carbonyl (C=O) groups excluding carboxylic acids is 1. The van der Waals surface area contributed by atoms with Gasteiger partial charge in [0.25, 0.3) is 0 Å². The van der Waals surface area contributed by atoms with Gasteiger partial charge in [0.2, 0.25) is 5.91 Å². The lowest BCUT2D eigenvalue weighted by atomic mass is 9.88. The van der Waals surface area contributed by atoms with Crippen LogP contribution in [0.1, 0.15) is 26.7 Å². The molecule has 94 valence electrons. The van der Waals surface area contributed by atoms with Crippen molar-refractivity contribution >= 4 is 5.91 Å². The Morgan fingerprint density at radius 1 is 1.56 bits per heavy atom. The first-order valence-electron chi connectivity index (χ1n) is 6.19. The van der Waals surface area contributed by atoms with Crippen molar-refractivity contribution in [2.24, 2.45) is 11.8 Å². The second-order valence-corrected chi connectivity index (χ2v) is 4.66. The van der Waals surface area contributed by atoms with Gasteiger partial charge in [-0.1, -0.05) is 20.3 Å². The van der Waals surface area contributed by atoms with Crippen molar-refractivity contribution in [2.45, 2.75) is 32.7 Å². The van der Waals surface area contributed by atoms with Crippen LogP contribution in [0.5, 0.6) is 0 Å². The molecule has 4 nitrogen and oxygen atoms in total. The molecule has 0 saturated carbocycles. The SMILES string of the molecule is CCCC(COC)NC(=O)C(C)C1CNC1. The molecular formula is C12H24N2O2. The van der Waals surface area contributed by atoms with Crippen molar-refractivity contribution in [3.05, 3.63) is 0 Å². The minimum atomic E-state index is 0.109. The largest absolute Gasteiger partial charge is 0.383 e. The maximum Gasteiger partial charge on any atom is 0.223 e. The number of amides is 1. The maximum atomic E-state index is 11.9. The highest BCUT2D eigenvalue weighted by molar-refractivity contribution is 5.79. The van der Waals surface area contributed by atoms with Crippen LogP contribution < -0.4 is 10.6 Å². The van der Waals surface area contributed by atoms with E-state index in [1.807, 2.05) is 6.92 Å². The molecule has 0 radical (unpaired) electrons. The molecule has 1 fully saturated rings. The van der Waals surface area contributed by atoms with E-state index in [1.165, 1.54) is 0 Å². The normalized spacial score (nSPS) is 19.9. The van der Waals surface area contributed by atoms with Crippen LogP contribution in [-0.4, -0.2) is 38.8 Å². The molecule has 1 heterocycles. The number of hydrogen-bond donors (Lipinski definition) is 2. The van der Waals surface area contributed by atoms with Crippen LogP contribution in [0.3, 0.4) is 0 Å². The van der Waals surface area contributed by atoms with Gasteiger partial charge in [0, 0.05) is 13.0 Å². The van der Waals surface area contributed by atoms with Crippen LogP contribution in [0.25, 0.3) is 0 Å². The zero-order valence-electron chi connectivity index (χ0n) is 10.6. The van der Waals surface area contributed by atoms with E-state index < -0.39 is 0 Å². The Morgan fingerprint density at radius 3 is 2.69 bits per heavy atom. The lowest BCUT2D eigenvalue weighted by Gasteiger charge is -2.32. The van der Waals surface area contributed by atoms with E-state index in [2.05, 4.69) is 17.6 Å². The quantitative estimate of drug-likeness (QED) is 0.677. The van der Waals surface area contributed by atoms with E-state index in [1.54, 1.807) is 7.11 Å². The fourth-order valence-electron chi connectivity index (χ4n) is 1.96. The Morgan fingerprint density at radius 2 is 2.25 bits per heavy atom. The number of ether oxygens (including phenoxy) is 1. The molecule has 1 rings (SSSR count). The fourth-order valence-corrected chi connectivity index (χ4v) is 1.96. The molecule has 0 bridgehead atoms. The van der Waals surface area contributed by atoms with Crippen LogP contribution in [0.4, 0.5) is 0 Å². The molecule has 0 spiro atoms. The third kappa shape index (κ3) is 3.76. The second kappa shape index (κ2) is 6.86. The topological polar surface area (TPSA) is 50.4 Å². The van der Waals surface area contributed by atoms with Crippen molar-refractivity contribution < 1.29 is 9.53 Å². The monoisotopic (exact) mass is 228 g/mol. The van der Waals surface area contributed by atoms with Gasteiger partial charge in [-0.05, 0) is 25.4 Å². The van der Waals surface area contributed by atoms with Crippen molar-refractivity contribution in [3.63, 3.8) is 0 Å². The van der Waals surface area contributed by atoms with E-state index in [0.29, 0.717) is 12.5 Å². The van der Waals surface area contributed by atoms with E-state index in [0.717, 1.165) is 25.9 Å². The Bertz CT molecular complexity index is 211. The summed E-state index contributed by atoms with van der Waals surface area (Å²) in [5, 5.41) is 6.27. The van der Waals surface area contributed by atoms with Crippen molar-refractivity contribution in [3.8, 4) is 0 Å². The van der Waals surface area contributed by atoms with Gasteiger partial charge < -0.3 is 15.4 Å². The molecule has 0 aromatic heterocycles. The Balaban J connectivity index is 2.33. The molecule has 1 aliphatic rings. The fraction of sp³-hybridized carbons (Fsp3) is 0.917. The van der Waals surface area contributed by atoms with E-state index in [-0.39, 0.29) is 17.9 Å². The molecule has 1 saturated heterocycles. The summed E-state index contributed by atoms with van der Waals surface area (Å²) in [7, 11) is 1.67. The summed E-state index contributed by atoms with van der Waals surface area (Å²) in [5.41, 5.74) is 0. The maximum absolute atomic E-state index is 11.9. The Hall–Kier alpha value is -0.610. The van der Waals surface area contributed by atoms with Crippen molar-refractivity contribution in [1.29, 1.82) is 0 Å². The predicted molar refractivity (Wildman–Crippen MR) is 64.2 cm³/mol. The molecule has 0 aromatic carbocycles. The number of rotatable bonds is 7. The summed E-state index contributed by atoms with van der Waals surface area (Å²) in [6.07, 6.45) is 2.04. The zero-order valence-corrected chi connectivity index (χ0v) is 10.6. The smallest absolute Gasteiger partial charge is 0.223 e. The predicted octanol–water partition coefficient (Wildman–Crippen LogP) is 0.773. The molecule has 0 aliphatic carbocycles. The van der Waals surface area contributed by atoms with Gasteiger partial charge in [-0.15, -0.1) is 0 Å². The summed E-state index contributed by atoms with van der Waals surface area (Å²) >= 11 is 0. The van der Waals surface area contributed by atoms with E-state index in [9.17, 15) is 4.79 Å². The molecule has 2 N–H and O–H groups in total. The lowest BCUT2D eigenvalue weighted by Crippen LogP contribution is -2.51. The highest BCUT2D eigenvalue weighted by Gasteiger charge is 2.29. The standard InChI is InChI=1S/C12H24N2O2/c1-4-5-11(8-16-3)14-12(15)9(2)10-6-13-7-10/h9-11,13H,4-8H2,1-3H3,(H,14,15). The molecule has 16 heavy (non-hydrogen) atoms.